The molecule has 0 spiro atoms. The molecule has 1 fully saturated rings. The van der Waals surface area contributed by atoms with Crippen molar-refractivity contribution in [3.63, 3.8) is 0 Å². The van der Waals surface area contributed by atoms with Crippen molar-refractivity contribution in [3.8, 4) is 0 Å². The van der Waals surface area contributed by atoms with E-state index in [1.54, 1.807) is 6.20 Å². The molecule has 332 valence electrons. The minimum atomic E-state index is -1.92. The second-order valence-corrected chi connectivity index (χ2v) is 18.0. The van der Waals surface area contributed by atoms with Crippen LogP contribution in [0.1, 0.15) is 57.6 Å². The summed E-state index contributed by atoms with van der Waals surface area (Å²) in [4.78, 5) is 59.8. The quantitative estimate of drug-likeness (QED) is 0.0553. The molecule has 10 atom stereocenters. The molecule has 14 N–H and O–H groups in total. The number of unbranched alkanes of at least 4 members (excludes halogenated alkanes) is 1. The molecule has 9 unspecified atom stereocenters. The van der Waals surface area contributed by atoms with Gasteiger partial charge in [-0.2, -0.15) is 0 Å². The van der Waals surface area contributed by atoms with Crippen LogP contribution in [0.4, 0.5) is 0 Å². The van der Waals surface area contributed by atoms with Gasteiger partial charge in [0, 0.05) is 35.0 Å². The highest BCUT2D eigenvalue weighted by Gasteiger charge is 2.39. The number of carbonyl (C=O) groups is 4. The number of rotatable bonds is 14. The molecule has 1 aromatic heterocycles. The minimum Gasteiger partial charge on any atom is -0.395 e. The Bertz CT molecular complexity index is 1820. The van der Waals surface area contributed by atoms with E-state index in [0.717, 1.165) is 22.0 Å². The summed E-state index contributed by atoms with van der Waals surface area (Å²) in [7, 11) is 2.59. The monoisotopic (exact) mass is 874 g/mol. The predicted molar refractivity (Wildman–Crippen MR) is 233 cm³/mol. The van der Waals surface area contributed by atoms with Gasteiger partial charge in [-0.15, -0.1) is 0 Å². The van der Waals surface area contributed by atoms with Gasteiger partial charge in [-0.3, -0.25) is 29.8 Å². The highest BCUT2D eigenvalue weighted by Crippen LogP contribution is 2.27. The number of hydrogen-bond acceptors (Lipinski definition) is 14. The first-order valence-electron chi connectivity index (χ1n) is 20.3. The zero-order valence-corrected chi connectivity index (χ0v) is 35.9. The van der Waals surface area contributed by atoms with Crippen molar-refractivity contribution in [2.45, 2.75) is 120 Å². The number of hydrogen-bond donors (Lipinski definition) is 13. The Morgan fingerprint density at radius 1 is 0.850 bits per heavy atom. The Morgan fingerprint density at radius 3 is 2.20 bits per heavy atom. The maximum Gasteiger partial charge on any atom is 0.245 e. The molecule has 19 heteroatoms. The first-order valence-corrected chi connectivity index (χ1v) is 22.8. The number of amides is 4. The van der Waals surface area contributed by atoms with Crippen LogP contribution in [0, 0.1) is 0 Å². The molecular weight excluding hydrogens is 813 g/mol. The lowest BCUT2D eigenvalue weighted by Crippen LogP contribution is -2.67. The number of fused-ring (bicyclic) bond motifs is 1. The van der Waals surface area contributed by atoms with E-state index < -0.39 is 90.6 Å². The lowest BCUT2D eigenvalue weighted by atomic mass is 10.0. The van der Waals surface area contributed by atoms with E-state index in [1.165, 1.54) is 42.4 Å². The molecule has 60 heavy (non-hydrogen) atoms. The Hall–Kier alpha value is -3.76. The Balaban J connectivity index is 1.72. The van der Waals surface area contributed by atoms with Crippen LogP contribution >= 0.6 is 21.6 Å². The highest BCUT2D eigenvalue weighted by atomic mass is 33.1. The van der Waals surface area contributed by atoms with Crippen LogP contribution in [0.2, 0.25) is 0 Å². The molecule has 3 aromatic rings. The van der Waals surface area contributed by atoms with Crippen LogP contribution in [0.3, 0.4) is 0 Å². The summed E-state index contributed by atoms with van der Waals surface area (Å²) in [5.41, 5.74) is 6.21. The fourth-order valence-corrected chi connectivity index (χ4v) is 9.24. The summed E-state index contributed by atoms with van der Waals surface area (Å²) in [6.45, 7) is 3.90. The van der Waals surface area contributed by atoms with E-state index in [4.69, 9.17) is 5.73 Å². The van der Waals surface area contributed by atoms with Gasteiger partial charge in [0.2, 0.25) is 23.6 Å². The maximum atomic E-state index is 14.4. The van der Waals surface area contributed by atoms with Gasteiger partial charge in [-0.1, -0.05) is 70.1 Å². The van der Waals surface area contributed by atoms with Crippen LogP contribution < -0.4 is 37.6 Å². The summed E-state index contributed by atoms with van der Waals surface area (Å²) >= 11 is 0. The molecule has 0 saturated carbocycles. The van der Waals surface area contributed by atoms with Crippen LogP contribution in [-0.2, 0) is 32.0 Å². The summed E-state index contributed by atoms with van der Waals surface area (Å²) in [6, 6.07) is 9.72. The molecule has 2 heterocycles. The normalized spacial score (nSPS) is 25.8. The summed E-state index contributed by atoms with van der Waals surface area (Å²) in [5, 5.41) is 71.4. The van der Waals surface area contributed by atoms with E-state index >= 15 is 0 Å². The fraction of sp³-hybridized carbons (Fsp3) is 0.561. The van der Waals surface area contributed by atoms with Gasteiger partial charge in [-0.05, 0) is 76.6 Å². The second kappa shape index (κ2) is 24.0. The molecule has 1 saturated heterocycles. The average molecular weight is 875 g/mol. The first kappa shape index (κ1) is 48.9. The summed E-state index contributed by atoms with van der Waals surface area (Å²) in [6.07, 6.45) is -0.446. The number of aliphatic hydroxyl groups is 5. The smallest absolute Gasteiger partial charge is 0.245 e. The fourth-order valence-electron chi connectivity index (χ4n) is 6.82. The Kier molecular flexibility index (Phi) is 19.6. The molecule has 4 rings (SSSR count). The third kappa shape index (κ3) is 14.7. The number of aromatic nitrogens is 1. The van der Waals surface area contributed by atoms with Crippen molar-refractivity contribution >= 4 is 56.1 Å². The van der Waals surface area contributed by atoms with Crippen LogP contribution in [0.25, 0.3) is 10.9 Å². The van der Waals surface area contributed by atoms with Crippen LogP contribution in [-0.4, -0.2) is 139 Å². The van der Waals surface area contributed by atoms with E-state index in [-0.39, 0.29) is 31.4 Å². The minimum absolute atomic E-state index is 0.0352. The van der Waals surface area contributed by atoms with Crippen molar-refractivity contribution in [2.75, 3.05) is 24.7 Å². The predicted octanol–water partition coefficient (Wildman–Crippen LogP) is -0.496. The van der Waals surface area contributed by atoms with Crippen molar-refractivity contribution in [2.24, 2.45) is 5.73 Å². The largest absolute Gasteiger partial charge is 0.395 e. The number of para-hydroxylation sites is 1. The lowest BCUT2D eigenvalue weighted by molar-refractivity contribution is -0.136. The van der Waals surface area contributed by atoms with Crippen molar-refractivity contribution in [1.82, 2.24) is 36.9 Å². The van der Waals surface area contributed by atoms with E-state index in [9.17, 15) is 44.7 Å². The maximum absolute atomic E-state index is 14.4. The van der Waals surface area contributed by atoms with Crippen molar-refractivity contribution in [3.05, 3.63) is 71.9 Å². The SMILES string of the molecule is CC(O)C(CO)NC(C)(O)C1CSSCCC(O)NC(Cc2ccccc2)C(=O)N[C@H](Cc2c[nH]c3ccccc23)C(=O)NC(CCCCN)C(=O)NC(C(C)O)C(=O)N1. The van der Waals surface area contributed by atoms with Crippen LogP contribution in [0.15, 0.2) is 60.8 Å². The van der Waals surface area contributed by atoms with Gasteiger partial charge in [0.15, 0.2) is 0 Å². The number of H-pyrrole nitrogens is 1. The molecule has 0 radical (unpaired) electrons. The molecule has 0 aliphatic carbocycles. The first-order chi connectivity index (χ1) is 28.6. The summed E-state index contributed by atoms with van der Waals surface area (Å²) < 4.78 is 0. The molecule has 2 aromatic carbocycles. The van der Waals surface area contributed by atoms with Gasteiger partial charge in [0.1, 0.15) is 30.1 Å². The number of aromatic amines is 1. The third-order valence-corrected chi connectivity index (χ3v) is 12.9. The number of nitrogens with one attached hydrogen (secondary N) is 7. The molecular formula is C41H62N8O9S2. The molecule has 1 aliphatic rings. The van der Waals surface area contributed by atoms with Gasteiger partial charge >= 0.3 is 0 Å². The molecule has 4 amide bonds. The lowest BCUT2D eigenvalue weighted by Gasteiger charge is -2.38. The summed E-state index contributed by atoms with van der Waals surface area (Å²) in [5.74, 6) is -2.43. The van der Waals surface area contributed by atoms with E-state index in [2.05, 4.69) is 36.9 Å². The van der Waals surface area contributed by atoms with Crippen molar-refractivity contribution < 1.29 is 44.7 Å². The molecule has 1 aliphatic heterocycles. The number of nitrogens with two attached hydrogens (primary N) is 1. The van der Waals surface area contributed by atoms with Crippen LogP contribution in [0.5, 0.6) is 0 Å². The third-order valence-electron chi connectivity index (χ3n) is 10.4. The standard InChI is InChI=1S/C41H62N8O9S2/c1-24(51)33(22-50)49-41(3,58)34-23-60-59-18-16-35(53)44-31(19-26-11-5-4-6-12-26)38(55)46-32(20-27-21-43-29-14-8-7-13-28(27)29)39(56)45-30(15-9-10-17-42)37(54)48-36(25(2)52)40(57)47-34/h4-8,11-14,21,24-25,30-36,43-44,49-53,58H,9-10,15-20,22-23,42H2,1-3H3,(H,45,56)(H,46,55)(H,47,57)(H,48,54)/t24?,25?,30?,31?,32-,33?,34?,35?,36?,41?/m1/s1. The Labute approximate surface area is 358 Å². The van der Waals surface area contributed by atoms with E-state index in [1.807, 2.05) is 54.6 Å². The van der Waals surface area contributed by atoms with E-state index in [0.29, 0.717) is 25.1 Å². The van der Waals surface area contributed by atoms with Gasteiger partial charge in [-0.25, -0.2) is 0 Å². The number of carbonyl (C=O) groups excluding carboxylic acids is 4. The van der Waals surface area contributed by atoms with Gasteiger partial charge in [0.25, 0.3) is 0 Å². The zero-order valence-electron chi connectivity index (χ0n) is 34.3. The average Bonchev–Trinajstić information content (AvgIpc) is 3.62. The molecule has 17 nitrogen and oxygen atoms in total. The topological polar surface area (TPSA) is 283 Å². The molecule has 0 bridgehead atoms. The van der Waals surface area contributed by atoms with Crippen molar-refractivity contribution in [1.29, 1.82) is 0 Å². The van der Waals surface area contributed by atoms with Gasteiger partial charge in [0.05, 0.1) is 36.9 Å². The number of benzene rings is 2. The van der Waals surface area contributed by atoms with Gasteiger partial charge < -0.3 is 57.5 Å². The Morgan fingerprint density at radius 2 is 1.52 bits per heavy atom. The number of aliphatic hydroxyl groups excluding tert-OH is 4. The zero-order chi connectivity index (χ0) is 43.8. The highest BCUT2D eigenvalue weighted by molar-refractivity contribution is 8.76. The second-order valence-electron chi connectivity index (χ2n) is 15.4.